The summed E-state index contributed by atoms with van der Waals surface area (Å²) in [6.45, 7) is 2.31. The molecule has 0 atom stereocenters. The highest BCUT2D eigenvalue weighted by Gasteiger charge is 2.15. The lowest BCUT2D eigenvalue weighted by Crippen LogP contribution is -2.37. The van der Waals surface area contributed by atoms with Gasteiger partial charge in [0, 0.05) is 44.0 Å². The van der Waals surface area contributed by atoms with Gasteiger partial charge in [-0.25, -0.2) is 0 Å². The molecule has 7 heteroatoms. The second kappa shape index (κ2) is 10.4. The van der Waals surface area contributed by atoms with Crippen molar-refractivity contribution in [2.24, 2.45) is 4.99 Å². The molecule has 30 heavy (non-hydrogen) atoms. The van der Waals surface area contributed by atoms with Crippen molar-refractivity contribution in [3.8, 4) is 17.2 Å². The number of aromatic nitrogens is 1. The summed E-state index contributed by atoms with van der Waals surface area (Å²) in [6, 6.07) is 14.4. The summed E-state index contributed by atoms with van der Waals surface area (Å²) in [5.41, 5.74) is 2.22. The zero-order chi connectivity index (χ0) is 21.3. The Kier molecular flexibility index (Phi) is 7.43. The molecule has 0 radical (unpaired) electrons. The van der Waals surface area contributed by atoms with E-state index in [9.17, 15) is 0 Å². The van der Waals surface area contributed by atoms with Gasteiger partial charge in [0.2, 0.25) is 5.75 Å². The maximum Gasteiger partial charge on any atom is 0.203 e. The zero-order valence-electron chi connectivity index (χ0n) is 18.1. The first kappa shape index (κ1) is 21.4. The van der Waals surface area contributed by atoms with Crippen molar-refractivity contribution in [1.29, 1.82) is 0 Å². The number of methoxy groups -OCH3 is 3. The molecule has 1 aromatic heterocycles. The smallest absolute Gasteiger partial charge is 0.203 e. The summed E-state index contributed by atoms with van der Waals surface area (Å²) in [5, 5.41) is 7.97. The lowest BCUT2D eigenvalue weighted by Gasteiger charge is -2.17. The predicted octanol–water partition coefficient (Wildman–Crippen LogP) is 3.42. The van der Waals surface area contributed by atoms with Crippen LogP contribution < -0.4 is 24.8 Å². The molecular formula is C23H30N4O3. The number of aryl methyl sites for hydroxylation is 1. The Morgan fingerprint density at radius 2 is 1.73 bits per heavy atom. The van der Waals surface area contributed by atoms with Gasteiger partial charge in [-0.3, -0.25) is 4.99 Å². The minimum absolute atomic E-state index is 0.547. The zero-order valence-corrected chi connectivity index (χ0v) is 18.1. The molecule has 3 rings (SSSR count). The van der Waals surface area contributed by atoms with Gasteiger partial charge in [0.1, 0.15) is 0 Å². The minimum atomic E-state index is 0.547. The van der Waals surface area contributed by atoms with Crippen LogP contribution in [-0.4, -0.2) is 45.4 Å². The summed E-state index contributed by atoms with van der Waals surface area (Å²) >= 11 is 0. The van der Waals surface area contributed by atoms with Crippen LogP contribution in [0.25, 0.3) is 10.9 Å². The SMILES string of the molecule is CN=C(NCCCn1ccc2ccccc21)NCc1ccc(OC)c(OC)c1OC. The first-order valence-corrected chi connectivity index (χ1v) is 9.98. The third-order valence-corrected chi connectivity index (χ3v) is 5.00. The van der Waals surface area contributed by atoms with Crippen molar-refractivity contribution in [3.63, 3.8) is 0 Å². The van der Waals surface area contributed by atoms with Crippen LogP contribution >= 0.6 is 0 Å². The summed E-state index contributed by atoms with van der Waals surface area (Å²) in [5.74, 6) is 2.61. The first-order valence-electron chi connectivity index (χ1n) is 9.98. The molecule has 0 spiro atoms. The number of hydrogen-bond donors (Lipinski definition) is 2. The van der Waals surface area contributed by atoms with E-state index in [4.69, 9.17) is 14.2 Å². The number of rotatable bonds is 9. The average Bonchev–Trinajstić information content (AvgIpc) is 3.20. The van der Waals surface area contributed by atoms with Crippen molar-refractivity contribution in [2.75, 3.05) is 34.9 Å². The minimum Gasteiger partial charge on any atom is -0.493 e. The molecule has 2 N–H and O–H groups in total. The highest BCUT2D eigenvalue weighted by molar-refractivity contribution is 5.80. The van der Waals surface area contributed by atoms with Gasteiger partial charge in [0.15, 0.2) is 17.5 Å². The highest BCUT2D eigenvalue weighted by atomic mass is 16.5. The molecule has 0 aliphatic carbocycles. The van der Waals surface area contributed by atoms with Crippen LogP contribution in [0.5, 0.6) is 17.2 Å². The van der Waals surface area contributed by atoms with Crippen LogP contribution in [0.2, 0.25) is 0 Å². The van der Waals surface area contributed by atoms with Gasteiger partial charge in [-0.1, -0.05) is 18.2 Å². The molecule has 0 bridgehead atoms. The second-order valence-corrected chi connectivity index (χ2v) is 6.77. The topological polar surface area (TPSA) is 69.0 Å². The van der Waals surface area contributed by atoms with E-state index in [1.165, 1.54) is 10.9 Å². The monoisotopic (exact) mass is 410 g/mol. The van der Waals surface area contributed by atoms with Gasteiger partial charge in [0.25, 0.3) is 0 Å². The second-order valence-electron chi connectivity index (χ2n) is 6.77. The average molecular weight is 411 g/mol. The van der Waals surface area contributed by atoms with Crippen molar-refractivity contribution in [2.45, 2.75) is 19.5 Å². The van der Waals surface area contributed by atoms with E-state index in [0.717, 1.165) is 31.0 Å². The fraction of sp³-hybridized carbons (Fsp3) is 0.348. The van der Waals surface area contributed by atoms with Crippen LogP contribution in [-0.2, 0) is 13.1 Å². The molecule has 0 amide bonds. The van der Waals surface area contributed by atoms with Gasteiger partial charge in [-0.05, 0) is 36.1 Å². The molecule has 0 unspecified atom stereocenters. The van der Waals surface area contributed by atoms with E-state index in [1.807, 2.05) is 12.1 Å². The molecule has 0 aliphatic heterocycles. The number of benzene rings is 2. The fourth-order valence-electron chi connectivity index (χ4n) is 3.49. The molecule has 0 saturated carbocycles. The van der Waals surface area contributed by atoms with Crippen molar-refractivity contribution < 1.29 is 14.2 Å². The largest absolute Gasteiger partial charge is 0.493 e. The molecule has 160 valence electrons. The Morgan fingerprint density at radius 1 is 0.933 bits per heavy atom. The maximum absolute atomic E-state index is 5.54. The van der Waals surface area contributed by atoms with E-state index >= 15 is 0 Å². The number of hydrogen-bond acceptors (Lipinski definition) is 4. The fourth-order valence-corrected chi connectivity index (χ4v) is 3.49. The van der Waals surface area contributed by atoms with Crippen molar-refractivity contribution >= 4 is 16.9 Å². The maximum atomic E-state index is 5.54. The Hall–Kier alpha value is -3.35. The normalized spacial score (nSPS) is 11.4. The molecule has 1 heterocycles. The lowest BCUT2D eigenvalue weighted by molar-refractivity contribution is 0.322. The number of nitrogens with zero attached hydrogens (tertiary/aromatic N) is 2. The first-order chi connectivity index (χ1) is 14.7. The van der Waals surface area contributed by atoms with Gasteiger partial charge in [0.05, 0.1) is 21.3 Å². The summed E-state index contributed by atoms with van der Waals surface area (Å²) < 4.78 is 18.6. The van der Waals surface area contributed by atoms with Crippen LogP contribution in [0.4, 0.5) is 0 Å². The Morgan fingerprint density at radius 3 is 2.47 bits per heavy atom. The molecule has 3 aromatic rings. The number of para-hydroxylation sites is 1. The quantitative estimate of drug-likeness (QED) is 0.321. The highest BCUT2D eigenvalue weighted by Crippen LogP contribution is 2.39. The summed E-state index contributed by atoms with van der Waals surface area (Å²) in [4.78, 5) is 4.31. The number of guanidine groups is 1. The summed E-state index contributed by atoms with van der Waals surface area (Å²) in [6.07, 6.45) is 3.13. The molecule has 0 saturated heterocycles. The van der Waals surface area contributed by atoms with Crippen LogP contribution in [0.15, 0.2) is 53.7 Å². The molecule has 7 nitrogen and oxygen atoms in total. The van der Waals surface area contributed by atoms with E-state index in [0.29, 0.717) is 23.8 Å². The molecular weight excluding hydrogens is 380 g/mol. The Bertz CT molecular complexity index is 997. The third-order valence-electron chi connectivity index (χ3n) is 5.00. The number of nitrogens with one attached hydrogen (secondary N) is 2. The van der Waals surface area contributed by atoms with Gasteiger partial charge in [-0.15, -0.1) is 0 Å². The predicted molar refractivity (Wildman–Crippen MR) is 121 cm³/mol. The van der Waals surface area contributed by atoms with Crippen molar-refractivity contribution in [1.82, 2.24) is 15.2 Å². The van der Waals surface area contributed by atoms with Gasteiger partial charge in [-0.2, -0.15) is 0 Å². The number of fused-ring (bicyclic) bond motifs is 1. The molecule has 2 aromatic carbocycles. The molecule has 0 aliphatic rings. The van der Waals surface area contributed by atoms with Crippen molar-refractivity contribution in [3.05, 3.63) is 54.2 Å². The van der Waals surface area contributed by atoms with Gasteiger partial charge >= 0.3 is 0 Å². The van der Waals surface area contributed by atoms with E-state index in [1.54, 1.807) is 28.4 Å². The lowest BCUT2D eigenvalue weighted by atomic mass is 10.1. The third kappa shape index (κ3) is 4.79. The number of aliphatic imine (C=N–C) groups is 1. The van der Waals surface area contributed by atoms with Crippen LogP contribution in [0, 0.1) is 0 Å². The van der Waals surface area contributed by atoms with E-state index in [2.05, 4.69) is 56.7 Å². The summed E-state index contributed by atoms with van der Waals surface area (Å²) in [7, 11) is 6.60. The van der Waals surface area contributed by atoms with E-state index in [-0.39, 0.29) is 0 Å². The Labute approximate surface area is 177 Å². The molecule has 0 fully saturated rings. The Balaban J connectivity index is 1.53. The van der Waals surface area contributed by atoms with Crippen LogP contribution in [0.1, 0.15) is 12.0 Å². The van der Waals surface area contributed by atoms with E-state index < -0.39 is 0 Å². The number of ether oxygens (including phenoxy) is 3. The van der Waals surface area contributed by atoms with Gasteiger partial charge < -0.3 is 29.4 Å². The van der Waals surface area contributed by atoms with Crippen LogP contribution in [0.3, 0.4) is 0 Å². The standard InChI is InChI=1S/C23H30N4O3/c1-24-23(25-13-7-14-27-15-12-17-8-5-6-9-19(17)27)26-16-18-10-11-20(28-2)22(30-4)21(18)29-3/h5-6,8-12,15H,7,13-14,16H2,1-4H3,(H2,24,25,26).